The van der Waals surface area contributed by atoms with Gasteiger partial charge < -0.3 is 19.9 Å². The second-order valence-electron chi connectivity index (χ2n) is 7.81. The standard InChI is InChI=1S/C26H24N6O2/c33-26(21-10-4-5-11-22(21)34-20-8-2-1-3-9-20)32-18-16-31(17-19-32)25-14-13-24(29-30-25)28-23-12-6-7-15-27-23/h1-15H,16-19H2,(H,27,28,29). The SMILES string of the molecule is O=C(c1ccccc1Oc1ccccc1)N1CCN(c2ccc(Nc3ccccn3)nn2)CC1. The van der Waals surface area contributed by atoms with Gasteiger partial charge in [0.2, 0.25) is 0 Å². The van der Waals surface area contributed by atoms with Crippen molar-refractivity contribution >= 4 is 23.4 Å². The second kappa shape index (κ2) is 9.99. The summed E-state index contributed by atoms with van der Waals surface area (Å²) in [6, 6.07) is 26.3. The third-order valence-corrected chi connectivity index (χ3v) is 5.55. The maximum absolute atomic E-state index is 13.3. The minimum Gasteiger partial charge on any atom is -0.457 e. The van der Waals surface area contributed by atoms with Crippen LogP contribution in [0.25, 0.3) is 0 Å². The first-order valence-corrected chi connectivity index (χ1v) is 11.1. The number of hydrogen-bond donors (Lipinski definition) is 1. The van der Waals surface area contributed by atoms with Crippen molar-refractivity contribution in [2.75, 3.05) is 36.4 Å². The minimum atomic E-state index is -0.0350. The molecular formula is C26H24N6O2. The van der Waals surface area contributed by atoms with Gasteiger partial charge in [-0.05, 0) is 48.5 Å². The Balaban J connectivity index is 1.21. The second-order valence-corrected chi connectivity index (χ2v) is 7.81. The number of nitrogens with one attached hydrogen (secondary N) is 1. The lowest BCUT2D eigenvalue weighted by Crippen LogP contribution is -2.49. The van der Waals surface area contributed by atoms with E-state index in [4.69, 9.17) is 4.74 Å². The monoisotopic (exact) mass is 452 g/mol. The molecule has 0 atom stereocenters. The lowest BCUT2D eigenvalue weighted by Gasteiger charge is -2.35. The van der Waals surface area contributed by atoms with Gasteiger partial charge in [0, 0.05) is 32.4 Å². The molecule has 8 nitrogen and oxygen atoms in total. The molecule has 1 fully saturated rings. The van der Waals surface area contributed by atoms with Gasteiger partial charge in [0.05, 0.1) is 5.56 Å². The number of aromatic nitrogens is 3. The highest BCUT2D eigenvalue weighted by molar-refractivity contribution is 5.97. The fourth-order valence-corrected chi connectivity index (χ4v) is 3.79. The van der Waals surface area contributed by atoms with Gasteiger partial charge in [-0.3, -0.25) is 4.79 Å². The number of benzene rings is 2. The number of carbonyl (C=O) groups excluding carboxylic acids is 1. The summed E-state index contributed by atoms with van der Waals surface area (Å²) in [5.74, 6) is 3.35. The summed E-state index contributed by atoms with van der Waals surface area (Å²) in [6.07, 6.45) is 1.72. The summed E-state index contributed by atoms with van der Waals surface area (Å²) >= 11 is 0. The number of carbonyl (C=O) groups is 1. The molecule has 0 saturated carbocycles. The number of para-hydroxylation sites is 2. The van der Waals surface area contributed by atoms with Crippen LogP contribution in [0.1, 0.15) is 10.4 Å². The fraction of sp³-hybridized carbons (Fsp3) is 0.154. The summed E-state index contributed by atoms with van der Waals surface area (Å²) < 4.78 is 5.98. The van der Waals surface area contributed by atoms with E-state index in [0.717, 1.165) is 5.82 Å². The van der Waals surface area contributed by atoms with Crippen molar-refractivity contribution in [2.24, 2.45) is 0 Å². The summed E-state index contributed by atoms with van der Waals surface area (Å²) in [5.41, 5.74) is 0.560. The Hall–Kier alpha value is -4.46. The Bertz CT molecular complexity index is 1230. The molecule has 0 aliphatic carbocycles. The van der Waals surface area contributed by atoms with Gasteiger partial charge in [-0.1, -0.05) is 36.4 Å². The van der Waals surface area contributed by atoms with E-state index >= 15 is 0 Å². The third kappa shape index (κ3) is 4.96. The summed E-state index contributed by atoms with van der Waals surface area (Å²) in [6.45, 7) is 2.53. The molecule has 4 aromatic rings. The van der Waals surface area contributed by atoms with Gasteiger partial charge in [-0.15, -0.1) is 10.2 Å². The van der Waals surface area contributed by atoms with Crippen LogP contribution in [0.2, 0.25) is 0 Å². The highest BCUT2D eigenvalue weighted by atomic mass is 16.5. The van der Waals surface area contributed by atoms with E-state index in [2.05, 4.69) is 25.4 Å². The molecule has 34 heavy (non-hydrogen) atoms. The van der Waals surface area contributed by atoms with E-state index in [1.165, 1.54) is 0 Å². The lowest BCUT2D eigenvalue weighted by atomic mass is 10.1. The van der Waals surface area contributed by atoms with Crippen LogP contribution in [0.3, 0.4) is 0 Å². The number of amides is 1. The van der Waals surface area contributed by atoms with Gasteiger partial charge in [0.1, 0.15) is 17.3 Å². The minimum absolute atomic E-state index is 0.0350. The highest BCUT2D eigenvalue weighted by Crippen LogP contribution is 2.27. The van der Waals surface area contributed by atoms with E-state index in [-0.39, 0.29) is 5.91 Å². The van der Waals surface area contributed by atoms with E-state index in [0.29, 0.717) is 54.9 Å². The summed E-state index contributed by atoms with van der Waals surface area (Å²) in [7, 11) is 0. The van der Waals surface area contributed by atoms with E-state index in [1.807, 2.05) is 89.8 Å². The van der Waals surface area contributed by atoms with Crippen LogP contribution >= 0.6 is 0 Å². The van der Waals surface area contributed by atoms with Crippen LogP contribution in [0.5, 0.6) is 11.5 Å². The van der Waals surface area contributed by atoms with Gasteiger partial charge in [-0.25, -0.2) is 4.98 Å². The first kappa shape index (κ1) is 21.4. The average Bonchev–Trinajstić information content (AvgIpc) is 2.90. The zero-order valence-corrected chi connectivity index (χ0v) is 18.5. The molecule has 1 saturated heterocycles. The van der Waals surface area contributed by atoms with Crippen molar-refractivity contribution in [3.8, 4) is 11.5 Å². The topological polar surface area (TPSA) is 83.5 Å². The maximum atomic E-state index is 13.3. The van der Waals surface area contributed by atoms with Crippen LogP contribution in [0.15, 0.2) is 91.1 Å². The quantitative estimate of drug-likeness (QED) is 0.465. The number of pyridine rings is 1. The number of anilines is 3. The number of piperazine rings is 1. The average molecular weight is 453 g/mol. The number of nitrogens with zero attached hydrogens (tertiary/aromatic N) is 5. The molecule has 3 heterocycles. The molecular weight excluding hydrogens is 428 g/mol. The van der Waals surface area contributed by atoms with Gasteiger partial charge in [0.25, 0.3) is 5.91 Å². The van der Waals surface area contributed by atoms with Crippen LogP contribution in [-0.2, 0) is 0 Å². The molecule has 2 aromatic heterocycles. The molecule has 1 N–H and O–H groups in total. The normalized spacial score (nSPS) is 13.4. The van der Waals surface area contributed by atoms with E-state index < -0.39 is 0 Å². The number of hydrogen-bond acceptors (Lipinski definition) is 7. The lowest BCUT2D eigenvalue weighted by molar-refractivity contribution is 0.0744. The molecule has 0 spiro atoms. The smallest absolute Gasteiger partial charge is 0.257 e. The van der Waals surface area contributed by atoms with Crippen LogP contribution in [0, 0.1) is 0 Å². The third-order valence-electron chi connectivity index (χ3n) is 5.55. The van der Waals surface area contributed by atoms with Crippen molar-refractivity contribution in [2.45, 2.75) is 0 Å². The van der Waals surface area contributed by atoms with Crippen molar-refractivity contribution in [3.63, 3.8) is 0 Å². The molecule has 2 aromatic carbocycles. The molecule has 1 amide bonds. The fourth-order valence-electron chi connectivity index (χ4n) is 3.79. The Morgan fingerprint density at radius 2 is 1.53 bits per heavy atom. The zero-order valence-electron chi connectivity index (χ0n) is 18.5. The maximum Gasteiger partial charge on any atom is 0.257 e. The Morgan fingerprint density at radius 1 is 0.765 bits per heavy atom. The largest absolute Gasteiger partial charge is 0.457 e. The van der Waals surface area contributed by atoms with E-state index in [9.17, 15) is 4.79 Å². The molecule has 1 aliphatic rings. The summed E-state index contributed by atoms with van der Waals surface area (Å²) in [5, 5.41) is 11.7. The Kier molecular flexibility index (Phi) is 6.29. The van der Waals surface area contributed by atoms with Gasteiger partial charge >= 0.3 is 0 Å². The van der Waals surface area contributed by atoms with Crippen LogP contribution in [-0.4, -0.2) is 52.2 Å². The van der Waals surface area contributed by atoms with Crippen molar-refractivity contribution in [1.29, 1.82) is 0 Å². The number of rotatable bonds is 6. The molecule has 1 aliphatic heterocycles. The van der Waals surface area contributed by atoms with Crippen molar-refractivity contribution in [3.05, 3.63) is 96.7 Å². The Labute approximate surface area is 197 Å². The molecule has 8 heteroatoms. The summed E-state index contributed by atoms with van der Waals surface area (Å²) in [4.78, 5) is 21.5. The molecule has 170 valence electrons. The van der Waals surface area contributed by atoms with E-state index in [1.54, 1.807) is 6.20 Å². The molecule has 0 bridgehead atoms. The first-order valence-electron chi connectivity index (χ1n) is 11.1. The molecule has 0 radical (unpaired) electrons. The van der Waals surface area contributed by atoms with Crippen LogP contribution < -0.4 is 15.0 Å². The number of ether oxygens (including phenoxy) is 1. The zero-order chi connectivity index (χ0) is 23.2. The van der Waals surface area contributed by atoms with Crippen LogP contribution in [0.4, 0.5) is 17.5 Å². The molecule has 5 rings (SSSR count). The highest BCUT2D eigenvalue weighted by Gasteiger charge is 2.25. The van der Waals surface area contributed by atoms with Gasteiger partial charge in [0.15, 0.2) is 11.6 Å². The predicted octanol–water partition coefficient (Wildman–Crippen LogP) is 4.37. The van der Waals surface area contributed by atoms with Crippen molar-refractivity contribution in [1.82, 2.24) is 20.1 Å². The van der Waals surface area contributed by atoms with Crippen molar-refractivity contribution < 1.29 is 9.53 Å². The molecule has 0 unspecified atom stereocenters. The van der Waals surface area contributed by atoms with Gasteiger partial charge in [-0.2, -0.15) is 0 Å². The first-order chi connectivity index (χ1) is 16.8. The predicted molar refractivity (Wildman–Crippen MR) is 131 cm³/mol. The Morgan fingerprint density at radius 3 is 2.26 bits per heavy atom.